The van der Waals surface area contributed by atoms with E-state index in [1.807, 2.05) is 24.3 Å². The molecule has 0 saturated carbocycles. The van der Waals surface area contributed by atoms with Gasteiger partial charge in [0.15, 0.2) is 0 Å². The maximum absolute atomic E-state index is 7.49. The molecule has 0 bridgehead atoms. The molecule has 0 unspecified atom stereocenters. The van der Waals surface area contributed by atoms with Crippen LogP contribution in [0.1, 0.15) is 29.8 Å². The molecular formula is C22H30Cl2N6. The summed E-state index contributed by atoms with van der Waals surface area (Å²) in [4.78, 5) is 13.0. The first-order valence-electron chi connectivity index (χ1n) is 9.83. The Balaban J connectivity index is 0.00000160. The maximum Gasteiger partial charge on any atom is 0.122 e. The van der Waals surface area contributed by atoms with Crippen LogP contribution in [0.2, 0.25) is 0 Å². The van der Waals surface area contributed by atoms with Crippen molar-refractivity contribution in [1.82, 2.24) is 14.9 Å². The molecule has 2 aromatic carbocycles. The van der Waals surface area contributed by atoms with E-state index < -0.39 is 0 Å². The van der Waals surface area contributed by atoms with Crippen LogP contribution in [0.15, 0.2) is 42.5 Å². The zero-order chi connectivity index (χ0) is 19.7. The van der Waals surface area contributed by atoms with Crippen LogP contribution >= 0.6 is 24.8 Å². The molecule has 0 atom stereocenters. The molecule has 0 radical (unpaired) electrons. The van der Waals surface area contributed by atoms with Crippen LogP contribution < -0.4 is 10.6 Å². The zero-order valence-electron chi connectivity index (χ0n) is 17.4. The van der Waals surface area contributed by atoms with E-state index in [0.29, 0.717) is 6.04 Å². The summed E-state index contributed by atoms with van der Waals surface area (Å²) in [7, 11) is 4.35. The summed E-state index contributed by atoms with van der Waals surface area (Å²) >= 11 is 0. The van der Waals surface area contributed by atoms with Crippen LogP contribution in [0.3, 0.4) is 0 Å². The molecule has 30 heavy (non-hydrogen) atoms. The molecule has 0 amide bonds. The molecule has 3 aromatic rings. The number of fused-ring (bicyclic) bond motifs is 1. The minimum atomic E-state index is 0. The number of amidine groups is 1. The third-order valence-corrected chi connectivity index (χ3v) is 5.71. The molecule has 1 fully saturated rings. The monoisotopic (exact) mass is 448 g/mol. The first-order chi connectivity index (χ1) is 13.5. The van der Waals surface area contributed by atoms with Crippen molar-refractivity contribution < 1.29 is 0 Å². The van der Waals surface area contributed by atoms with E-state index in [4.69, 9.17) is 16.1 Å². The average Bonchev–Trinajstić information content (AvgIpc) is 3.09. The quantitative estimate of drug-likeness (QED) is 0.409. The molecule has 4 rings (SSSR count). The molecule has 162 valence electrons. The van der Waals surface area contributed by atoms with Gasteiger partial charge in [-0.1, -0.05) is 24.3 Å². The normalized spacial score (nSPS) is 14.4. The molecule has 8 heteroatoms. The second kappa shape index (κ2) is 10.2. The van der Waals surface area contributed by atoms with Gasteiger partial charge in [-0.15, -0.1) is 24.8 Å². The Bertz CT molecular complexity index is 975. The minimum Gasteiger partial charge on any atom is -0.384 e. The zero-order valence-corrected chi connectivity index (χ0v) is 19.0. The van der Waals surface area contributed by atoms with Crippen LogP contribution in [0.4, 0.5) is 5.69 Å². The van der Waals surface area contributed by atoms with Crippen molar-refractivity contribution in [3.8, 4) is 0 Å². The number of imidazole rings is 1. The first kappa shape index (κ1) is 24.0. The van der Waals surface area contributed by atoms with Crippen molar-refractivity contribution in [2.75, 3.05) is 32.1 Å². The highest BCUT2D eigenvalue weighted by Gasteiger charge is 2.21. The number of anilines is 1. The lowest BCUT2D eigenvalue weighted by atomic mass is 10.0. The first-order valence-corrected chi connectivity index (χ1v) is 9.83. The van der Waals surface area contributed by atoms with Gasteiger partial charge >= 0.3 is 0 Å². The predicted octanol–water partition coefficient (Wildman–Crippen LogP) is 3.81. The van der Waals surface area contributed by atoms with E-state index in [1.54, 1.807) is 0 Å². The number of aromatic nitrogens is 2. The fourth-order valence-corrected chi connectivity index (χ4v) is 3.97. The fourth-order valence-electron chi connectivity index (χ4n) is 3.97. The Hall–Kier alpha value is -2.28. The van der Waals surface area contributed by atoms with Crippen LogP contribution in [-0.2, 0) is 6.42 Å². The molecule has 1 aliphatic rings. The van der Waals surface area contributed by atoms with Gasteiger partial charge in [0.25, 0.3) is 0 Å². The van der Waals surface area contributed by atoms with Gasteiger partial charge in [-0.25, -0.2) is 4.98 Å². The lowest BCUT2D eigenvalue weighted by molar-refractivity contribution is 0.249. The van der Waals surface area contributed by atoms with Gasteiger partial charge in [0.1, 0.15) is 11.7 Å². The van der Waals surface area contributed by atoms with Crippen LogP contribution in [0.5, 0.6) is 0 Å². The highest BCUT2D eigenvalue weighted by Crippen LogP contribution is 2.25. The van der Waals surface area contributed by atoms with E-state index in [1.165, 1.54) is 18.5 Å². The summed E-state index contributed by atoms with van der Waals surface area (Å²) in [6.07, 6.45) is 3.14. The molecule has 2 heterocycles. The Morgan fingerprint density at radius 1 is 1.13 bits per heavy atom. The van der Waals surface area contributed by atoms with Crippen molar-refractivity contribution in [3.63, 3.8) is 0 Å². The van der Waals surface area contributed by atoms with Gasteiger partial charge in [0.05, 0.1) is 11.0 Å². The standard InChI is InChI=1S/C22H28N6.2ClH/c1-27(2)17-9-11-28(12-10-17)18-7-8-19-20(14-18)26-21(25-19)13-15-3-5-16(6-4-15)22(23)24;;/h3-8,14,17H,9-13H2,1-2H3,(H3,23,24)(H,25,26);2*1H. The summed E-state index contributed by atoms with van der Waals surface area (Å²) in [6.45, 7) is 2.19. The summed E-state index contributed by atoms with van der Waals surface area (Å²) in [5.41, 5.74) is 10.8. The second-order valence-electron chi connectivity index (χ2n) is 7.85. The van der Waals surface area contributed by atoms with Gasteiger partial charge < -0.3 is 20.5 Å². The van der Waals surface area contributed by atoms with Crippen LogP contribution in [0, 0.1) is 5.41 Å². The number of hydrogen-bond acceptors (Lipinski definition) is 4. The molecule has 4 N–H and O–H groups in total. The van der Waals surface area contributed by atoms with Crippen molar-refractivity contribution >= 4 is 47.4 Å². The van der Waals surface area contributed by atoms with Crippen molar-refractivity contribution in [2.24, 2.45) is 5.73 Å². The van der Waals surface area contributed by atoms with Gasteiger partial charge in [0.2, 0.25) is 0 Å². The van der Waals surface area contributed by atoms with E-state index in [2.05, 4.69) is 47.1 Å². The Kier molecular flexibility index (Phi) is 8.12. The summed E-state index contributed by atoms with van der Waals surface area (Å²) in [5, 5.41) is 7.49. The molecule has 6 nitrogen and oxygen atoms in total. The summed E-state index contributed by atoms with van der Waals surface area (Å²) < 4.78 is 0. The predicted molar refractivity (Wildman–Crippen MR) is 130 cm³/mol. The molecule has 1 aromatic heterocycles. The number of hydrogen-bond donors (Lipinski definition) is 3. The highest BCUT2D eigenvalue weighted by atomic mass is 35.5. The van der Waals surface area contributed by atoms with Gasteiger partial charge in [0, 0.05) is 36.8 Å². The van der Waals surface area contributed by atoms with Gasteiger partial charge in [-0.2, -0.15) is 0 Å². The third kappa shape index (κ3) is 5.25. The third-order valence-electron chi connectivity index (χ3n) is 5.71. The number of halogens is 2. The molecular weight excluding hydrogens is 419 g/mol. The van der Waals surface area contributed by atoms with Crippen molar-refractivity contribution in [3.05, 3.63) is 59.4 Å². The Labute approximate surface area is 190 Å². The number of nitrogens with one attached hydrogen (secondary N) is 2. The fraction of sp³-hybridized carbons (Fsp3) is 0.364. The molecule has 1 saturated heterocycles. The largest absolute Gasteiger partial charge is 0.384 e. The number of H-pyrrole nitrogens is 1. The van der Waals surface area contributed by atoms with Crippen molar-refractivity contribution in [2.45, 2.75) is 25.3 Å². The highest BCUT2D eigenvalue weighted by molar-refractivity contribution is 5.94. The van der Waals surface area contributed by atoms with Crippen LogP contribution in [-0.4, -0.2) is 53.9 Å². The number of nitrogens with two attached hydrogens (primary N) is 1. The molecule has 0 spiro atoms. The van der Waals surface area contributed by atoms with Gasteiger partial charge in [-0.3, -0.25) is 5.41 Å². The van der Waals surface area contributed by atoms with Gasteiger partial charge in [-0.05, 0) is 50.7 Å². The average molecular weight is 449 g/mol. The van der Waals surface area contributed by atoms with E-state index in [-0.39, 0.29) is 30.6 Å². The number of benzene rings is 2. The topological polar surface area (TPSA) is 85.0 Å². The minimum absolute atomic E-state index is 0. The summed E-state index contributed by atoms with van der Waals surface area (Å²) in [6, 6.07) is 15.0. The molecule has 0 aliphatic carbocycles. The SMILES string of the molecule is CN(C)C1CCN(c2ccc3nc(Cc4ccc(C(=N)N)cc4)[nH]c3c2)CC1.Cl.Cl. The smallest absolute Gasteiger partial charge is 0.122 e. The number of nitrogens with zero attached hydrogens (tertiary/aromatic N) is 3. The lowest BCUT2D eigenvalue weighted by Gasteiger charge is -2.36. The Morgan fingerprint density at radius 3 is 2.40 bits per heavy atom. The van der Waals surface area contributed by atoms with E-state index in [9.17, 15) is 0 Å². The number of piperidine rings is 1. The summed E-state index contributed by atoms with van der Waals surface area (Å²) in [5.74, 6) is 1.05. The Morgan fingerprint density at radius 2 is 1.80 bits per heavy atom. The number of aromatic amines is 1. The number of rotatable bonds is 5. The second-order valence-corrected chi connectivity index (χ2v) is 7.85. The van der Waals surface area contributed by atoms with Crippen molar-refractivity contribution in [1.29, 1.82) is 5.41 Å². The van der Waals surface area contributed by atoms with E-state index in [0.717, 1.165) is 47.5 Å². The number of nitrogen functional groups attached to an aromatic ring is 1. The van der Waals surface area contributed by atoms with E-state index >= 15 is 0 Å². The van der Waals surface area contributed by atoms with Crippen LogP contribution in [0.25, 0.3) is 11.0 Å². The maximum atomic E-state index is 7.49. The lowest BCUT2D eigenvalue weighted by Crippen LogP contribution is -2.41. The molecule has 1 aliphatic heterocycles.